The van der Waals surface area contributed by atoms with E-state index < -0.39 is 15.4 Å². The van der Waals surface area contributed by atoms with E-state index in [1.165, 1.54) is 18.4 Å². The Balaban J connectivity index is 2.70. The number of hydrogen-bond acceptors (Lipinski definition) is 5. The molecule has 5 nitrogen and oxygen atoms in total. The molecule has 2 atom stereocenters. The van der Waals surface area contributed by atoms with Crippen LogP contribution in [0.5, 0.6) is 5.75 Å². The second-order valence-corrected chi connectivity index (χ2v) is 7.36. The maximum Gasteiger partial charge on any atom is 0.175 e. The highest BCUT2D eigenvalue weighted by molar-refractivity contribution is 7.90. The van der Waals surface area contributed by atoms with Crippen molar-refractivity contribution in [3.63, 3.8) is 0 Å². The molecule has 0 heterocycles. The maximum atomic E-state index is 11.4. The first kappa shape index (κ1) is 16.9. The molecular weight excluding hydrogens is 278 g/mol. The van der Waals surface area contributed by atoms with E-state index in [2.05, 4.69) is 5.32 Å². The van der Waals surface area contributed by atoms with Crippen molar-refractivity contribution < 1.29 is 18.3 Å². The topological polar surface area (TPSA) is 75.6 Å². The Kier molecular flexibility index (Phi) is 5.56. The lowest BCUT2D eigenvalue weighted by Crippen LogP contribution is -2.46. The molecule has 6 heteroatoms. The Labute approximate surface area is 120 Å². The van der Waals surface area contributed by atoms with Crippen LogP contribution in [0.2, 0.25) is 0 Å². The van der Waals surface area contributed by atoms with Gasteiger partial charge in [-0.25, -0.2) is 8.42 Å². The lowest BCUT2D eigenvalue weighted by atomic mass is 9.96. The normalized spacial score (nSPS) is 16.4. The van der Waals surface area contributed by atoms with Gasteiger partial charge < -0.3 is 15.2 Å². The molecule has 1 aromatic rings. The van der Waals surface area contributed by atoms with Gasteiger partial charge in [0, 0.05) is 18.2 Å². The molecule has 0 aliphatic carbocycles. The minimum absolute atomic E-state index is 0.0181. The van der Waals surface area contributed by atoms with Crippen molar-refractivity contribution in [1.29, 1.82) is 0 Å². The summed E-state index contributed by atoms with van der Waals surface area (Å²) in [5.74, 6) is 0.612. The van der Waals surface area contributed by atoms with E-state index in [-0.39, 0.29) is 17.6 Å². The van der Waals surface area contributed by atoms with Crippen LogP contribution in [0.15, 0.2) is 29.2 Å². The third kappa shape index (κ3) is 4.77. The van der Waals surface area contributed by atoms with Crippen molar-refractivity contribution >= 4 is 9.84 Å². The van der Waals surface area contributed by atoms with Crippen LogP contribution in [0.25, 0.3) is 0 Å². The highest BCUT2D eigenvalue weighted by atomic mass is 32.2. The molecule has 2 unspecified atom stereocenters. The van der Waals surface area contributed by atoms with Gasteiger partial charge in [-0.3, -0.25) is 0 Å². The van der Waals surface area contributed by atoms with E-state index in [4.69, 9.17) is 4.74 Å². The molecule has 0 saturated heterocycles. The van der Waals surface area contributed by atoms with E-state index >= 15 is 0 Å². The fourth-order valence-electron chi connectivity index (χ4n) is 1.92. The number of hydrogen-bond donors (Lipinski definition) is 2. The number of benzene rings is 1. The molecule has 114 valence electrons. The molecule has 0 spiro atoms. The molecule has 1 rings (SSSR count). The monoisotopic (exact) mass is 301 g/mol. The smallest absolute Gasteiger partial charge is 0.175 e. The molecule has 0 saturated carbocycles. The quantitative estimate of drug-likeness (QED) is 0.792. The van der Waals surface area contributed by atoms with Crippen LogP contribution < -0.4 is 10.1 Å². The minimum atomic E-state index is -3.18. The number of likely N-dealkylation sites (N-methyl/N-ethyl adjacent to an activating group) is 1. The number of aliphatic hydroxyl groups is 1. The fraction of sp³-hybridized carbons (Fsp3) is 0.571. The zero-order valence-electron chi connectivity index (χ0n) is 12.4. The molecule has 0 aliphatic rings. The summed E-state index contributed by atoms with van der Waals surface area (Å²) in [7, 11) is -1.39. The van der Waals surface area contributed by atoms with Crippen LogP contribution in [0.3, 0.4) is 0 Å². The van der Waals surface area contributed by atoms with Crippen LogP contribution in [-0.2, 0) is 9.84 Å². The zero-order valence-corrected chi connectivity index (χ0v) is 13.2. The van der Waals surface area contributed by atoms with Crippen molar-refractivity contribution in [3.8, 4) is 5.75 Å². The van der Waals surface area contributed by atoms with E-state index in [1.807, 2.05) is 13.8 Å². The van der Waals surface area contributed by atoms with Gasteiger partial charge in [0.25, 0.3) is 0 Å². The molecule has 0 bridgehead atoms. The van der Waals surface area contributed by atoms with Gasteiger partial charge in [0.1, 0.15) is 5.75 Å². The van der Waals surface area contributed by atoms with Crippen molar-refractivity contribution in [3.05, 3.63) is 24.3 Å². The molecular formula is C14H23NO4S. The molecule has 0 aliphatic heterocycles. The summed E-state index contributed by atoms with van der Waals surface area (Å²) >= 11 is 0. The molecule has 2 N–H and O–H groups in total. The van der Waals surface area contributed by atoms with Gasteiger partial charge in [-0.2, -0.15) is 0 Å². The average Bonchev–Trinajstić information content (AvgIpc) is 2.38. The number of ether oxygens (including phenoxy) is 1. The highest BCUT2D eigenvalue weighted by Crippen LogP contribution is 2.20. The lowest BCUT2D eigenvalue weighted by molar-refractivity contribution is 0.115. The van der Waals surface area contributed by atoms with Crippen LogP contribution in [0.4, 0.5) is 0 Å². The summed E-state index contributed by atoms with van der Waals surface area (Å²) in [6.07, 6.45) is 1.70. The Morgan fingerprint density at radius 3 is 2.30 bits per heavy atom. The van der Waals surface area contributed by atoms with Crippen LogP contribution in [-0.4, -0.2) is 45.1 Å². The molecule has 0 radical (unpaired) electrons. The third-order valence-corrected chi connectivity index (χ3v) is 4.41. The molecule has 0 amide bonds. The first-order valence-corrected chi connectivity index (χ1v) is 8.36. The Morgan fingerprint density at radius 2 is 1.90 bits per heavy atom. The van der Waals surface area contributed by atoms with Gasteiger partial charge in [-0.15, -0.1) is 0 Å². The van der Waals surface area contributed by atoms with Crippen molar-refractivity contribution in [1.82, 2.24) is 5.32 Å². The maximum absolute atomic E-state index is 11.4. The van der Waals surface area contributed by atoms with Gasteiger partial charge in [-0.1, -0.05) is 0 Å². The molecule has 0 fully saturated rings. The molecule has 20 heavy (non-hydrogen) atoms. The van der Waals surface area contributed by atoms with Crippen molar-refractivity contribution in [2.75, 3.05) is 19.9 Å². The SMILES string of the molecule is CNC(C)(CO)CC(C)Oc1ccc(S(C)(=O)=O)cc1. The summed E-state index contributed by atoms with van der Waals surface area (Å²) in [4.78, 5) is 0.271. The van der Waals surface area contributed by atoms with Crippen LogP contribution in [0, 0.1) is 0 Å². The van der Waals surface area contributed by atoms with E-state index in [9.17, 15) is 13.5 Å². The zero-order chi connectivity index (χ0) is 15.4. The number of sulfone groups is 1. The Hall–Kier alpha value is -1.11. The molecule has 1 aromatic carbocycles. The number of rotatable bonds is 7. The second kappa shape index (κ2) is 6.56. The van der Waals surface area contributed by atoms with Gasteiger partial charge in [-0.05, 0) is 45.2 Å². The molecule has 0 aromatic heterocycles. The first-order chi connectivity index (χ1) is 9.20. The van der Waals surface area contributed by atoms with Gasteiger partial charge in [0.2, 0.25) is 0 Å². The van der Waals surface area contributed by atoms with Gasteiger partial charge in [0.05, 0.1) is 17.6 Å². The van der Waals surface area contributed by atoms with Crippen LogP contribution in [0.1, 0.15) is 20.3 Å². The van der Waals surface area contributed by atoms with E-state index in [0.29, 0.717) is 12.2 Å². The summed E-state index contributed by atoms with van der Waals surface area (Å²) in [6.45, 7) is 3.85. The van der Waals surface area contributed by atoms with Crippen LogP contribution >= 0.6 is 0 Å². The van der Waals surface area contributed by atoms with Gasteiger partial charge in [0.15, 0.2) is 9.84 Å². The summed E-state index contributed by atoms with van der Waals surface area (Å²) in [6, 6.07) is 6.34. The fourth-order valence-corrected chi connectivity index (χ4v) is 2.55. The van der Waals surface area contributed by atoms with E-state index in [0.717, 1.165) is 0 Å². The Morgan fingerprint density at radius 1 is 1.35 bits per heavy atom. The average molecular weight is 301 g/mol. The highest BCUT2D eigenvalue weighted by Gasteiger charge is 2.24. The predicted molar refractivity (Wildman–Crippen MR) is 78.8 cm³/mol. The summed E-state index contributed by atoms with van der Waals surface area (Å²) < 4.78 is 28.4. The minimum Gasteiger partial charge on any atom is -0.491 e. The number of aliphatic hydroxyl groups excluding tert-OH is 1. The van der Waals surface area contributed by atoms with Crippen molar-refractivity contribution in [2.45, 2.75) is 36.8 Å². The van der Waals surface area contributed by atoms with Gasteiger partial charge >= 0.3 is 0 Å². The lowest BCUT2D eigenvalue weighted by Gasteiger charge is -2.30. The predicted octanol–water partition coefficient (Wildman–Crippen LogP) is 1.22. The largest absolute Gasteiger partial charge is 0.491 e. The standard InChI is InChI=1S/C14H23NO4S/c1-11(9-14(2,10-16)15-3)19-12-5-7-13(8-6-12)20(4,17)18/h5-8,11,15-16H,9-10H2,1-4H3. The summed E-state index contributed by atoms with van der Waals surface area (Å²) in [5.41, 5.74) is -0.397. The van der Waals surface area contributed by atoms with Crippen molar-refractivity contribution in [2.24, 2.45) is 0 Å². The third-order valence-electron chi connectivity index (χ3n) is 3.28. The Bertz CT molecular complexity index is 521. The second-order valence-electron chi connectivity index (χ2n) is 5.34. The number of nitrogens with one attached hydrogen (secondary N) is 1. The first-order valence-electron chi connectivity index (χ1n) is 6.47. The van der Waals surface area contributed by atoms with E-state index in [1.54, 1.807) is 19.2 Å². The summed E-state index contributed by atoms with van der Waals surface area (Å²) in [5, 5.41) is 12.4.